The predicted molar refractivity (Wildman–Crippen MR) is 114 cm³/mol. The van der Waals surface area contributed by atoms with Gasteiger partial charge in [0, 0.05) is 18.0 Å². The number of esters is 1. The molecule has 1 unspecified atom stereocenters. The van der Waals surface area contributed by atoms with Crippen molar-refractivity contribution in [3.05, 3.63) is 35.9 Å². The molecule has 9 nitrogen and oxygen atoms in total. The molecule has 176 valence electrons. The average molecular weight is 450 g/mol. The molecule has 0 saturated carbocycles. The van der Waals surface area contributed by atoms with E-state index in [9.17, 15) is 25.2 Å². The smallest absolute Gasteiger partial charge is 0.330 e. The number of benzene rings is 1. The zero-order chi connectivity index (χ0) is 22.7. The fourth-order valence-corrected chi connectivity index (χ4v) is 4.74. The van der Waals surface area contributed by atoms with E-state index >= 15 is 0 Å². The first-order valence-corrected chi connectivity index (χ1v) is 11.1. The molecule has 0 amide bonds. The number of aliphatic hydroxyl groups is 4. The molecule has 3 aliphatic rings. The lowest BCUT2D eigenvalue weighted by atomic mass is 9.99. The molecule has 0 bridgehead atoms. The maximum atomic E-state index is 12.1. The summed E-state index contributed by atoms with van der Waals surface area (Å²) in [5.41, 5.74) is 0.755. The van der Waals surface area contributed by atoms with Crippen LogP contribution >= 0.6 is 0 Å². The van der Waals surface area contributed by atoms with E-state index in [1.165, 1.54) is 18.9 Å². The van der Waals surface area contributed by atoms with Crippen LogP contribution in [0.3, 0.4) is 0 Å². The fraction of sp³-hybridized carbons (Fsp3) is 0.609. The van der Waals surface area contributed by atoms with Crippen molar-refractivity contribution in [3.8, 4) is 5.75 Å². The number of hydrogen-bond acceptors (Lipinski definition) is 9. The van der Waals surface area contributed by atoms with Crippen molar-refractivity contribution in [2.75, 3.05) is 26.3 Å². The first-order chi connectivity index (χ1) is 15.5. The van der Waals surface area contributed by atoms with E-state index in [1.54, 1.807) is 30.3 Å². The third-order valence-electron chi connectivity index (χ3n) is 6.58. The monoisotopic (exact) mass is 449 g/mol. The Labute approximate surface area is 186 Å². The van der Waals surface area contributed by atoms with Crippen LogP contribution in [0, 0.1) is 5.92 Å². The Kier molecular flexibility index (Phi) is 7.44. The lowest BCUT2D eigenvalue weighted by molar-refractivity contribution is -0.277. The summed E-state index contributed by atoms with van der Waals surface area (Å²) in [6.45, 7) is 2.19. The van der Waals surface area contributed by atoms with Crippen LogP contribution in [0.15, 0.2) is 30.3 Å². The third kappa shape index (κ3) is 5.14. The lowest BCUT2D eigenvalue weighted by Gasteiger charge is -2.39. The van der Waals surface area contributed by atoms with Crippen LogP contribution < -0.4 is 4.74 Å². The summed E-state index contributed by atoms with van der Waals surface area (Å²) < 4.78 is 16.3. The number of aliphatic hydroxyl groups excluding tert-OH is 4. The van der Waals surface area contributed by atoms with Gasteiger partial charge in [0.05, 0.1) is 13.2 Å². The predicted octanol–water partition coefficient (Wildman–Crippen LogP) is -0.0940. The van der Waals surface area contributed by atoms with Gasteiger partial charge in [-0.25, -0.2) is 4.79 Å². The summed E-state index contributed by atoms with van der Waals surface area (Å²) in [6.07, 6.45) is -0.143. The van der Waals surface area contributed by atoms with Crippen LogP contribution in [0.1, 0.15) is 24.8 Å². The van der Waals surface area contributed by atoms with Crippen molar-refractivity contribution in [3.63, 3.8) is 0 Å². The van der Waals surface area contributed by atoms with Crippen LogP contribution in [0.25, 0.3) is 6.08 Å². The molecule has 0 aromatic heterocycles. The summed E-state index contributed by atoms with van der Waals surface area (Å²) >= 11 is 0. The van der Waals surface area contributed by atoms with Gasteiger partial charge in [0.15, 0.2) is 0 Å². The summed E-state index contributed by atoms with van der Waals surface area (Å²) in [6, 6.07) is 7.25. The van der Waals surface area contributed by atoms with E-state index in [0.29, 0.717) is 24.3 Å². The van der Waals surface area contributed by atoms with Crippen molar-refractivity contribution in [1.29, 1.82) is 0 Å². The molecule has 1 aromatic carbocycles. The second-order valence-corrected chi connectivity index (χ2v) is 8.64. The Hall–Kier alpha value is -2.01. The molecule has 0 aliphatic carbocycles. The number of carbonyl (C=O) groups excluding carboxylic acids is 1. The molecule has 4 N–H and O–H groups in total. The van der Waals surface area contributed by atoms with Crippen LogP contribution in [0.4, 0.5) is 0 Å². The van der Waals surface area contributed by atoms with E-state index in [1.807, 2.05) is 0 Å². The molecule has 0 radical (unpaired) electrons. The van der Waals surface area contributed by atoms with Crippen LogP contribution in [-0.4, -0.2) is 94.3 Å². The highest BCUT2D eigenvalue weighted by molar-refractivity contribution is 5.87. The van der Waals surface area contributed by atoms with Gasteiger partial charge in [-0.1, -0.05) is 12.1 Å². The standard InChI is InChI=1S/C23H31NO8/c25-12-18-20(27)21(28)22(29)23(32-18)31-16-6-3-14(4-7-16)5-8-19(26)30-13-15-9-11-24-10-1-2-17(15)24/h3-8,15,17-18,20-23,25,27-29H,1-2,9-13H2/b8-5+/t15?,17-,18-,20-,21-,22+,23+/m0/s1. The van der Waals surface area contributed by atoms with Crippen molar-refractivity contribution >= 4 is 12.0 Å². The number of nitrogens with zero attached hydrogens (tertiary/aromatic N) is 1. The number of rotatable bonds is 7. The Morgan fingerprint density at radius 2 is 1.88 bits per heavy atom. The maximum Gasteiger partial charge on any atom is 0.330 e. The average Bonchev–Trinajstić information content (AvgIpc) is 3.42. The zero-order valence-corrected chi connectivity index (χ0v) is 17.8. The largest absolute Gasteiger partial charge is 0.462 e. The molecule has 9 heteroatoms. The van der Waals surface area contributed by atoms with Crippen LogP contribution in [0.2, 0.25) is 0 Å². The Morgan fingerprint density at radius 1 is 1.09 bits per heavy atom. The summed E-state index contributed by atoms with van der Waals surface area (Å²) in [5, 5.41) is 39.0. The number of carbonyl (C=O) groups is 1. The summed E-state index contributed by atoms with van der Waals surface area (Å²) in [5.74, 6) is 0.410. The fourth-order valence-electron chi connectivity index (χ4n) is 4.74. The van der Waals surface area contributed by atoms with Crippen molar-refractivity contribution in [1.82, 2.24) is 4.90 Å². The Morgan fingerprint density at radius 3 is 2.62 bits per heavy atom. The second kappa shape index (κ2) is 10.3. The highest BCUT2D eigenvalue weighted by Crippen LogP contribution is 2.32. The van der Waals surface area contributed by atoms with Crippen LogP contribution in [-0.2, 0) is 14.3 Å². The molecular weight excluding hydrogens is 418 g/mol. The molecule has 0 spiro atoms. The Balaban J connectivity index is 1.26. The van der Waals surface area contributed by atoms with Crippen molar-refractivity contribution in [2.45, 2.75) is 56.0 Å². The van der Waals surface area contributed by atoms with Crippen LogP contribution in [0.5, 0.6) is 5.75 Å². The zero-order valence-electron chi connectivity index (χ0n) is 17.8. The molecule has 3 saturated heterocycles. The van der Waals surface area contributed by atoms with Gasteiger partial charge in [0.1, 0.15) is 30.2 Å². The van der Waals surface area contributed by atoms with Gasteiger partial charge in [0.2, 0.25) is 6.29 Å². The molecule has 4 rings (SSSR count). The highest BCUT2D eigenvalue weighted by atomic mass is 16.7. The SMILES string of the molecule is O=C(/C=C/c1ccc(O[C@@H]2O[C@@H](CO)[C@H](O)[C@H](O)[C@H]2O)cc1)OCC1CCN2CCC[C@@H]12. The number of fused-ring (bicyclic) bond motifs is 1. The van der Waals surface area contributed by atoms with Crippen molar-refractivity contribution < 1.29 is 39.4 Å². The summed E-state index contributed by atoms with van der Waals surface area (Å²) in [4.78, 5) is 14.6. The van der Waals surface area contributed by atoms with Gasteiger partial charge >= 0.3 is 5.97 Å². The lowest BCUT2D eigenvalue weighted by Crippen LogP contribution is -2.60. The molecule has 32 heavy (non-hydrogen) atoms. The van der Waals surface area contributed by atoms with Gasteiger partial charge in [-0.05, 0) is 56.1 Å². The number of ether oxygens (including phenoxy) is 3. The minimum atomic E-state index is -1.50. The normalized spacial score (nSPS) is 35.2. The molecule has 7 atom stereocenters. The topological polar surface area (TPSA) is 129 Å². The first kappa shape index (κ1) is 23.2. The number of hydrogen-bond donors (Lipinski definition) is 4. The van der Waals surface area contributed by atoms with Gasteiger partial charge in [0.25, 0.3) is 0 Å². The maximum absolute atomic E-state index is 12.1. The van der Waals surface area contributed by atoms with E-state index < -0.39 is 37.3 Å². The van der Waals surface area contributed by atoms with E-state index in [4.69, 9.17) is 14.2 Å². The van der Waals surface area contributed by atoms with E-state index in [0.717, 1.165) is 25.1 Å². The van der Waals surface area contributed by atoms with Gasteiger partial charge in [-0.2, -0.15) is 0 Å². The van der Waals surface area contributed by atoms with E-state index in [-0.39, 0.29) is 5.97 Å². The molecule has 3 aliphatic heterocycles. The molecule has 1 aromatic rings. The first-order valence-electron chi connectivity index (χ1n) is 11.1. The second-order valence-electron chi connectivity index (χ2n) is 8.64. The third-order valence-corrected chi connectivity index (χ3v) is 6.58. The van der Waals surface area contributed by atoms with Gasteiger partial charge in [-0.3, -0.25) is 4.90 Å². The quantitative estimate of drug-likeness (QED) is 0.333. The van der Waals surface area contributed by atoms with E-state index in [2.05, 4.69) is 4.90 Å². The minimum Gasteiger partial charge on any atom is -0.462 e. The van der Waals surface area contributed by atoms with Gasteiger partial charge in [-0.15, -0.1) is 0 Å². The molecule has 3 fully saturated rings. The molecular formula is C23H31NO8. The van der Waals surface area contributed by atoms with Gasteiger partial charge < -0.3 is 34.6 Å². The highest BCUT2D eigenvalue weighted by Gasteiger charge is 2.44. The summed E-state index contributed by atoms with van der Waals surface area (Å²) in [7, 11) is 0. The minimum absolute atomic E-state index is 0.358. The molecule has 3 heterocycles. The van der Waals surface area contributed by atoms with Crippen molar-refractivity contribution in [2.24, 2.45) is 5.92 Å². The Bertz CT molecular complexity index is 798.